The maximum absolute atomic E-state index is 12.5. The van der Waals surface area contributed by atoms with Crippen LogP contribution in [0.4, 0.5) is 0 Å². The fourth-order valence-corrected chi connectivity index (χ4v) is 4.23. The smallest absolute Gasteiger partial charge is 0.246 e. The molecular formula is C27H33N3O2. The van der Waals surface area contributed by atoms with Gasteiger partial charge in [-0.2, -0.15) is 0 Å². The third-order valence-electron chi connectivity index (χ3n) is 6.31. The predicted octanol–water partition coefficient (Wildman–Crippen LogP) is 4.47. The largest absolute Gasteiger partial charge is 0.487 e. The SMILES string of the molecule is Cc1ccc(-c2cc3c(c(OC4(C)CCN(C(=O)/C=C/CN(C)C)CC4)c2)C=NC3)cc1. The van der Waals surface area contributed by atoms with Crippen LogP contribution in [0.3, 0.4) is 0 Å². The van der Waals surface area contributed by atoms with E-state index in [1.54, 1.807) is 6.08 Å². The van der Waals surface area contributed by atoms with Gasteiger partial charge in [0.05, 0.1) is 6.54 Å². The van der Waals surface area contributed by atoms with Crippen molar-refractivity contribution in [1.29, 1.82) is 0 Å². The number of amides is 1. The molecule has 1 fully saturated rings. The molecule has 2 aromatic carbocycles. The molecular weight excluding hydrogens is 398 g/mol. The zero-order valence-electron chi connectivity index (χ0n) is 19.6. The van der Waals surface area contributed by atoms with Crippen LogP contribution in [0.2, 0.25) is 0 Å². The summed E-state index contributed by atoms with van der Waals surface area (Å²) < 4.78 is 6.66. The van der Waals surface area contributed by atoms with Crippen molar-refractivity contribution < 1.29 is 9.53 Å². The lowest BCUT2D eigenvalue weighted by Crippen LogP contribution is -2.47. The highest BCUT2D eigenvalue weighted by atomic mass is 16.5. The van der Waals surface area contributed by atoms with E-state index in [4.69, 9.17) is 4.74 Å². The molecule has 0 aromatic heterocycles. The molecule has 2 heterocycles. The average molecular weight is 432 g/mol. The molecule has 1 amide bonds. The quantitative estimate of drug-likeness (QED) is 0.634. The first-order chi connectivity index (χ1) is 15.3. The van der Waals surface area contributed by atoms with Gasteiger partial charge in [0.2, 0.25) is 5.91 Å². The van der Waals surface area contributed by atoms with E-state index in [1.165, 1.54) is 16.7 Å². The fraction of sp³-hybridized carbons (Fsp3) is 0.407. The van der Waals surface area contributed by atoms with Crippen LogP contribution in [-0.2, 0) is 11.3 Å². The van der Waals surface area contributed by atoms with Gasteiger partial charge >= 0.3 is 0 Å². The number of carbonyl (C=O) groups is 1. The number of hydrogen-bond acceptors (Lipinski definition) is 4. The summed E-state index contributed by atoms with van der Waals surface area (Å²) in [7, 11) is 3.99. The van der Waals surface area contributed by atoms with Crippen LogP contribution in [0, 0.1) is 6.92 Å². The Labute approximate surface area is 191 Å². The summed E-state index contributed by atoms with van der Waals surface area (Å²) in [6, 6.07) is 13.0. The van der Waals surface area contributed by atoms with Crippen molar-refractivity contribution in [2.45, 2.75) is 38.8 Å². The molecule has 2 aromatic rings. The number of carbonyl (C=O) groups excluding carboxylic acids is 1. The molecule has 0 bridgehead atoms. The predicted molar refractivity (Wildman–Crippen MR) is 130 cm³/mol. The molecule has 0 atom stereocenters. The zero-order valence-corrected chi connectivity index (χ0v) is 19.6. The van der Waals surface area contributed by atoms with Crippen LogP contribution in [0.5, 0.6) is 5.75 Å². The number of likely N-dealkylation sites (tertiary alicyclic amines) is 1. The van der Waals surface area contributed by atoms with Crippen LogP contribution in [0.1, 0.15) is 36.5 Å². The van der Waals surface area contributed by atoms with E-state index in [-0.39, 0.29) is 11.5 Å². The van der Waals surface area contributed by atoms with Crippen molar-refractivity contribution in [2.24, 2.45) is 4.99 Å². The summed E-state index contributed by atoms with van der Waals surface area (Å²) in [5, 5.41) is 0. The van der Waals surface area contributed by atoms with Crippen molar-refractivity contribution >= 4 is 12.1 Å². The molecule has 1 saturated heterocycles. The minimum Gasteiger partial charge on any atom is -0.487 e. The van der Waals surface area contributed by atoms with Crippen LogP contribution in [0.25, 0.3) is 11.1 Å². The van der Waals surface area contributed by atoms with Gasteiger partial charge in [-0.1, -0.05) is 35.9 Å². The van der Waals surface area contributed by atoms with E-state index >= 15 is 0 Å². The number of benzene rings is 2. The van der Waals surface area contributed by atoms with Crippen molar-refractivity contribution in [2.75, 3.05) is 33.7 Å². The Balaban J connectivity index is 1.48. The molecule has 0 saturated carbocycles. The van der Waals surface area contributed by atoms with Crippen LogP contribution in [-0.4, -0.2) is 61.3 Å². The average Bonchev–Trinajstić information content (AvgIpc) is 3.23. The van der Waals surface area contributed by atoms with Gasteiger partial charge in [-0.3, -0.25) is 9.79 Å². The highest BCUT2D eigenvalue weighted by Crippen LogP contribution is 2.36. The molecule has 0 unspecified atom stereocenters. The van der Waals surface area contributed by atoms with Gasteiger partial charge in [0, 0.05) is 50.3 Å². The number of piperidine rings is 1. The number of nitrogens with zero attached hydrogens (tertiary/aromatic N) is 3. The lowest BCUT2D eigenvalue weighted by atomic mass is 9.92. The molecule has 0 N–H and O–H groups in total. The van der Waals surface area contributed by atoms with E-state index in [0.29, 0.717) is 19.6 Å². The molecule has 5 nitrogen and oxygen atoms in total. The topological polar surface area (TPSA) is 45.1 Å². The van der Waals surface area contributed by atoms with Crippen molar-refractivity contribution in [3.8, 4) is 16.9 Å². The molecule has 0 aliphatic carbocycles. The highest BCUT2D eigenvalue weighted by molar-refractivity contribution is 5.90. The van der Waals surface area contributed by atoms with Gasteiger partial charge < -0.3 is 14.5 Å². The van der Waals surface area contributed by atoms with Crippen LogP contribution >= 0.6 is 0 Å². The number of fused-ring (bicyclic) bond motifs is 1. The second-order valence-corrected chi connectivity index (χ2v) is 9.42. The molecule has 5 heteroatoms. The van der Waals surface area contributed by atoms with Crippen LogP contribution < -0.4 is 4.74 Å². The summed E-state index contributed by atoms with van der Waals surface area (Å²) in [6.07, 6.45) is 7.16. The standard InChI is InChI=1S/C27H33N3O2/c1-20-7-9-21(10-8-20)22-16-23-18-28-19-24(23)25(17-22)32-27(2)11-14-30(15-12-27)26(31)6-5-13-29(3)4/h5-10,16-17,19H,11-15,18H2,1-4H3/b6-5+. The summed E-state index contributed by atoms with van der Waals surface area (Å²) in [4.78, 5) is 20.9. The van der Waals surface area contributed by atoms with Crippen LogP contribution in [0.15, 0.2) is 53.5 Å². The highest BCUT2D eigenvalue weighted by Gasteiger charge is 2.34. The second-order valence-electron chi connectivity index (χ2n) is 9.42. The fourth-order valence-electron chi connectivity index (χ4n) is 4.23. The second kappa shape index (κ2) is 9.29. The Kier molecular flexibility index (Phi) is 6.47. The number of rotatable bonds is 6. The summed E-state index contributed by atoms with van der Waals surface area (Å²) in [5.41, 5.74) is 5.59. The van der Waals surface area contributed by atoms with Gasteiger partial charge in [0.25, 0.3) is 0 Å². The first-order valence-corrected chi connectivity index (χ1v) is 11.4. The van der Waals surface area contributed by atoms with E-state index in [1.807, 2.05) is 36.2 Å². The first kappa shape index (κ1) is 22.3. The van der Waals surface area contributed by atoms with E-state index in [0.717, 1.165) is 36.3 Å². The minimum absolute atomic E-state index is 0.0864. The van der Waals surface area contributed by atoms with Gasteiger partial charge in [-0.05, 0) is 56.8 Å². The Bertz CT molecular complexity index is 1030. The van der Waals surface area contributed by atoms with E-state index in [2.05, 4.69) is 55.2 Å². The Morgan fingerprint density at radius 3 is 2.56 bits per heavy atom. The van der Waals surface area contributed by atoms with Gasteiger partial charge in [-0.15, -0.1) is 0 Å². The molecule has 4 rings (SSSR count). The van der Waals surface area contributed by atoms with Crippen molar-refractivity contribution in [3.63, 3.8) is 0 Å². The van der Waals surface area contributed by atoms with Gasteiger partial charge in [0.15, 0.2) is 0 Å². The Morgan fingerprint density at radius 2 is 1.88 bits per heavy atom. The third-order valence-corrected chi connectivity index (χ3v) is 6.31. The normalized spacial score (nSPS) is 17.2. The molecule has 0 radical (unpaired) electrons. The summed E-state index contributed by atoms with van der Waals surface area (Å²) in [5.74, 6) is 0.982. The third kappa shape index (κ3) is 5.10. The summed E-state index contributed by atoms with van der Waals surface area (Å²) >= 11 is 0. The molecule has 32 heavy (non-hydrogen) atoms. The van der Waals surface area contributed by atoms with Crippen molar-refractivity contribution in [1.82, 2.24) is 9.80 Å². The maximum atomic E-state index is 12.5. The zero-order chi connectivity index (χ0) is 22.7. The lowest BCUT2D eigenvalue weighted by Gasteiger charge is -2.39. The summed E-state index contributed by atoms with van der Waals surface area (Å²) in [6.45, 7) is 7.14. The number of aryl methyl sites for hydroxylation is 1. The number of likely N-dealkylation sites (N-methyl/N-ethyl adjacent to an activating group) is 1. The molecule has 0 spiro atoms. The minimum atomic E-state index is -0.305. The number of hydrogen-bond donors (Lipinski definition) is 0. The molecule has 2 aliphatic rings. The monoisotopic (exact) mass is 431 g/mol. The number of aliphatic imine (C=N–C) groups is 1. The molecule has 2 aliphatic heterocycles. The molecule has 168 valence electrons. The maximum Gasteiger partial charge on any atom is 0.246 e. The van der Waals surface area contributed by atoms with Crippen molar-refractivity contribution in [3.05, 3.63) is 65.2 Å². The Morgan fingerprint density at radius 1 is 1.16 bits per heavy atom. The first-order valence-electron chi connectivity index (χ1n) is 11.4. The van der Waals surface area contributed by atoms with E-state index < -0.39 is 0 Å². The lowest BCUT2D eigenvalue weighted by molar-refractivity contribution is -0.129. The van der Waals surface area contributed by atoms with Gasteiger partial charge in [-0.25, -0.2) is 0 Å². The Hall–Kier alpha value is -2.92. The number of ether oxygens (including phenoxy) is 1. The van der Waals surface area contributed by atoms with E-state index in [9.17, 15) is 4.79 Å². The van der Waals surface area contributed by atoms with Gasteiger partial charge in [0.1, 0.15) is 11.4 Å².